The van der Waals surface area contributed by atoms with Gasteiger partial charge in [0.05, 0.1) is 6.04 Å². The SMILES string of the molecule is CC(C)[C@@H](NC(=O)c1ccc(N2CC(=O)NC2=O)cc1)c1nccn1C. The number of carbonyl (C=O) groups is 3. The number of nitrogens with one attached hydrogen (secondary N) is 2. The number of anilines is 1. The molecule has 8 nitrogen and oxygen atoms in total. The second-order valence-corrected chi connectivity index (χ2v) is 6.58. The molecule has 136 valence electrons. The molecule has 1 fully saturated rings. The first kappa shape index (κ1) is 17.7. The van der Waals surface area contributed by atoms with E-state index in [1.54, 1.807) is 30.5 Å². The zero-order chi connectivity index (χ0) is 18.8. The van der Waals surface area contributed by atoms with E-state index in [0.717, 1.165) is 5.82 Å². The summed E-state index contributed by atoms with van der Waals surface area (Å²) in [4.78, 5) is 41.3. The highest BCUT2D eigenvalue weighted by molar-refractivity contribution is 6.12. The predicted molar refractivity (Wildman–Crippen MR) is 95.6 cm³/mol. The van der Waals surface area contributed by atoms with E-state index < -0.39 is 6.03 Å². The molecule has 2 aromatic rings. The molecule has 0 radical (unpaired) electrons. The minimum atomic E-state index is -0.457. The molecule has 1 aromatic carbocycles. The van der Waals surface area contributed by atoms with Gasteiger partial charge in [-0.1, -0.05) is 13.8 Å². The Kier molecular flexibility index (Phi) is 4.75. The van der Waals surface area contributed by atoms with E-state index in [-0.39, 0.29) is 30.3 Å². The van der Waals surface area contributed by atoms with Crippen LogP contribution in [0.1, 0.15) is 36.1 Å². The summed E-state index contributed by atoms with van der Waals surface area (Å²) < 4.78 is 1.89. The number of imide groups is 1. The number of carbonyl (C=O) groups excluding carboxylic acids is 3. The Balaban J connectivity index is 1.74. The first-order chi connectivity index (χ1) is 12.4. The zero-order valence-electron chi connectivity index (χ0n) is 14.9. The Labute approximate surface area is 151 Å². The number of benzene rings is 1. The monoisotopic (exact) mass is 355 g/mol. The van der Waals surface area contributed by atoms with Crippen LogP contribution in [-0.4, -0.2) is 33.9 Å². The van der Waals surface area contributed by atoms with Crippen LogP contribution in [0.25, 0.3) is 0 Å². The van der Waals surface area contributed by atoms with Gasteiger partial charge in [0.25, 0.3) is 5.91 Å². The van der Waals surface area contributed by atoms with Crippen LogP contribution in [0.4, 0.5) is 10.5 Å². The van der Waals surface area contributed by atoms with E-state index in [9.17, 15) is 14.4 Å². The minimum absolute atomic E-state index is 0.0149. The number of urea groups is 1. The quantitative estimate of drug-likeness (QED) is 0.796. The van der Waals surface area contributed by atoms with Crippen molar-refractivity contribution in [2.24, 2.45) is 13.0 Å². The number of aryl methyl sites for hydroxylation is 1. The summed E-state index contributed by atoms with van der Waals surface area (Å²) in [6, 6.07) is 5.90. The van der Waals surface area contributed by atoms with Gasteiger partial charge in [-0.3, -0.25) is 19.8 Å². The Morgan fingerprint density at radius 3 is 2.42 bits per heavy atom. The van der Waals surface area contributed by atoms with Crippen LogP contribution in [0.15, 0.2) is 36.7 Å². The van der Waals surface area contributed by atoms with E-state index >= 15 is 0 Å². The molecule has 4 amide bonds. The van der Waals surface area contributed by atoms with Crippen LogP contribution in [0.2, 0.25) is 0 Å². The largest absolute Gasteiger partial charge is 0.342 e. The van der Waals surface area contributed by atoms with Crippen LogP contribution in [-0.2, 0) is 11.8 Å². The van der Waals surface area contributed by atoms with Crippen molar-refractivity contribution in [1.82, 2.24) is 20.2 Å². The predicted octanol–water partition coefficient (Wildman–Crippen LogP) is 1.60. The number of hydrogen-bond acceptors (Lipinski definition) is 4. The first-order valence-corrected chi connectivity index (χ1v) is 8.36. The molecule has 0 aliphatic carbocycles. The smallest absolute Gasteiger partial charge is 0.329 e. The average molecular weight is 355 g/mol. The number of aromatic nitrogens is 2. The zero-order valence-corrected chi connectivity index (χ0v) is 14.9. The van der Waals surface area contributed by atoms with E-state index in [0.29, 0.717) is 11.3 Å². The van der Waals surface area contributed by atoms with Crippen LogP contribution < -0.4 is 15.5 Å². The molecule has 2 N–H and O–H groups in total. The fraction of sp³-hybridized carbons (Fsp3) is 0.333. The molecular formula is C18H21N5O3. The number of amides is 4. The molecule has 0 unspecified atom stereocenters. The normalized spacial score (nSPS) is 15.3. The molecule has 1 atom stereocenters. The summed E-state index contributed by atoms with van der Waals surface area (Å²) in [6.45, 7) is 4.02. The second kappa shape index (κ2) is 6.99. The fourth-order valence-corrected chi connectivity index (χ4v) is 2.87. The van der Waals surface area contributed by atoms with Gasteiger partial charge < -0.3 is 9.88 Å². The van der Waals surface area contributed by atoms with Gasteiger partial charge in [0, 0.05) is 30.7 Å². The Morgan fingerprint density at radius 2 is 1.92 bits per heavy atom. The molecule has 26 heavy (non-hydrogen) atoms. The lowest BCUT2D eigenvalue weighted by Gasteiger charge is -2.22. The molecule has 1 saturated heterocycles. The van der Waals surface area contributed by atoms with Gasteiger partial charge >= 0.3 is 6.03 Å². The maximum absolute atomic E-state index is 12.6. The lowest BCUT2D eigenvalue weighted by molar-refractivity contribution is -0.117. The van der Waals surface area contributed by atoms with Crippen molar-refractivity contribution < 1.29 is 14.4 Å². The second-order valence-electron chi connectivity index (χ2n) is 6.58. The van der Waals surface area contributed by atoms with Crippen LogP contribution in [0.5, 0.6) is 0 Å². The standard InChI is InChI=1S/C18H21N5O3/c1-11(2)15(16-19-8-9-22(16)3)21-17(25)12-4-6-13(7-5-12)23-10-14(24)20-18(23)26/h4-9,11,15H,10H2,1-3H3,(H,21,25)(H,20,24,26)/t15-/m1/s1. The van der Waals surface area contributed by atoms with Gasteiger partial charge in [0.15, 0.2) is 0 Å². The Bertz CT molecular complexity index is 841. The molecular weight excluding hydrogens is 334 g/mol. The topological polar surface area (TPSA) is 96.3 Å². The van der Waals surface area contributed by atoms with Gasteiger partial charge in [-0.2, -0.15) is 0 Å². The number of nitrogens with zero attached hydrogens (tertiary/aromatic N) is 3. The lowest BCUT2D eigenvalue weighted by atomic mass is 10.0. The third-order valence-electron chi connectivity index (χ3n) is 4.32. The highest BCUT2D eigenvalue weighted by Gasteiger charge is 2.28. The van der Waals surface area contributed by atoms with E-state index in [2.05, 4.69) is 15.6 Å². The van der Waals surface area contributed by atoms with Crippen LogP contribution in [0, 0.1) is 5.92 Å². The maximum atomic E-state index is 12.6. The van der Waals surface area contributed by atoms with Gasteiger partial charge in [-0.05, 0) is 30.2 Å². The van der Waals surface area contributed by atoms with Gasteiger partial charge in [-0.25, -0.2) is 9.78 Å². The summed E-state index contributed by atoms with van der Waals surface area (Å²) in [5, 5.41) is 5.23. The third kappa shape index (κ3) is 3.44. The van der Waals surface area contributed by atoms with Crippen molar-refractivity contribution in [2.45, 2.75) is 19.9 Å². The molecule has 0 saturated carbocycles. The molecule has 2 heterocycles. The highest BCUT2D eigenvalue weighted by atomic mass is 16.2. The summed E-state index contributed by atoms with van der Waals surface area (Å²) in [7, 11) is 1.89. The van der Waals surface area contributed by atoms with Crippen molar-refractivity contribution in [3.05, 3.63) is 48.0 Å². The van der Waals surface area contributed by atoms with E-state index in [1.807, 2.05) is 31.7 Å². The maximum Gasteiger partial charge on any atom is 0.329 e. The summed E-state index contributed by atoms with van der Waals surface area (Å²) >= 11 is 0. The van der Waals surface area contributed by atoms with Crippen LogP contribution >= 0.6 is 0 Å². The minimum Gasteiger partial charge on any atom is -0.342 e. The first-order valence-electron chi connectivity index (χ1n) is 8.36. The molecule has 1 aliphatic rings. The van der Waals surface area contributed by atoms with Crippen molar-refractivity contribution in [3.8, 4) is 0 Å². The molecule has 0 spiro atoms. The summed E-state index contributed by atoms with van der Waals surface area (Å²) in [5.74, 6) is 0.391. The Morgan fingerprint density at radius 1 is 1.23 bits per heavy atom. The van der Waals surface area contributed by atoms with Crippen molar-refractivity contribution in [2.75, 3.05) is 11.4 Å². The van der Waals surface area contributed by atoms with Gasteiger partial charge in [0.2, 0.25) is 5.91 Å². The molecule has 8 heteroatoms. The van der Waals surface area contributed by atoms with E-state index in [4.69, 9.17) is 0 Å². The average Bonchev–Trinajstić information content (AvgIpc) is 3.17. The summed E-state index contributed by atoms with van der Waals surface area (Å²) in [6.07, 6.45) is 3.54. The van der Waals surface area contributed by atoms with Crippen molar-refractivity contribution in [1.29, 1.82) is 0 Å². The number of rotatable bonds is 5. The van der Waals surface area contributed by atoms with Crippen LogP contribution in [0.3, 0.4) is 0 Å². The molecule has 3 rings (SSSR count). The molecule has 1 aromatic heterocycles. The molecule has 0 bridgehead atoms. The number of hydrogen-bond donors (Lipinski definition) is 2. The molecule has 1 aliphatic heterocycles. The Hall–Kier alpha value is -3.16. The van der Waals surface area contributed by atoms with Crippen molar-refractivity contribution >= 4 is 23.5 Å². The van der Waals surface area contributed by atoms with Gasteiger partial charge in [0.1, 0.15) is 12.4 Å². The van der Waals surface area contributed by atoms with E-state index in [1.165, 1.54) is 4.90 Å². The number of imidazole rings is 1. The van der Waals surface area contributed by atoms with Gasteiger partial charge in [-0.15, -0.1) is 0 Å². The van der Waals surface area contributed by atoms with Crippen molar-refractivity contribution in [3.63, 3.8) is 0 Å². The highest BCUT2D eigenvalue weighted by Crippen LogP contribution is 2.21. The third-order valence-corrected chi connectivity index (χ3v) is 4.32. The fourth-order valence-electron chi connectivity index (χ4n) is 2.87. The summed E-state index contributed by atoms with van der Waals surface area (Å²) in [5.41, 5.74) is 1.04. The lowest BCUT2D eigenvalue weighted by Crippen LogP contribution is -2.33.